The highest BCUT2D eigenvalue weighted by Crippen LogP contribution is 2.30. The van der Waals surface area contributed by atoms with Crippen molar-refractivity contribution in [1.29, 1.82) is 0 Å². The fourth-order valence-electron chi connectivity index (χ4n) is 2.78. The molecular formula is C24H24ClNO2. The predicted octanol–water partition coefficient (Wildman–Crippen LogP) is 6.69. The largest absolute Gasteiger partial charge is 0.490 e. The number of benzene rings is 3. The maximum Gasteiger partial charge on any atom is 0.161 e. The lowest BCUT2D eigenvalue weighted by molar-refractivity contribution is 0.269. The van der Waals surface area contributed by atoms with E-state index in [1.807, 2.05) is 67.7 Å². The van der Waals surface area contributed by atoms with Crippen molar-refractivity contribution >= 4 is 23.5 Å². The summed E-state index contributed by atoms with van der Waals surface area (Å²) in [7, 11) is 0. The van der Waals surface area contributed by atoms with Gasteiger partial charge in [0.05, 0.1) is 12.3 Å². The number of halogens is 1. The van der Waals surface area contributed by atoms with E-state index in [9.17, 15) is 0 Å². The summed E-state index contributed by atoms with van der Waals surface area (Å²) in [6, 6.07) is 19.6. The van der Waals surface area contributed by atoms with Crippen LogP contribution in [0.4, 0.5) is 5.69 Å². The minimum Gasteiger partial charge on any atom is -0.490 e. The fraction of sp³-hybridized carbons (Fsp3) is 0.208. The molecule has 3 rings (SSSR count). The Morgan fingerprint density at radius 2 is 1.75 bits per heavy atom. The zero-order valence-corrected chi connectivity index (χ0v) is 17.2. The van der Waals surface area contributed by atoms with Gasteiger partial charge in [0.25, 0.3) is 0 Å². The maximum atomic E-state index is 6.21. The van der Waals surface area contributed by atoms with E-state index in [2.05, 4.69) is 24.9 Å². The molecule has 3 aromatic carbocycles. The van der Waals surface area contributed by atoms with Crippen molar-refractivity contribution in [3.8, 4) is 11.5 Å². The van der Waals surface area contributed by atoms with Crippen LogP contribution in [-0.4, -0.2) is 12.8 Å². The number of ether oxygens (including phenoxy) is 2. The molecule has 0 amide bonds. The predicted molar refractivity (Wildman–Crippen MR) is 117 cm³/mol. The number of rotatable bonds is 7. The summed E-state index contributed by atoms with van der Waals surface area (Å²) in [5.74, 6) is 1.38. The van der Waals surface area contributed by atoms with Crippen molar-refractivity contribution in [3.63, 3.8) is 0 Å². The third-order valence-corrected chi connectivity index (χ3v) is 4.91. The van der Waals surface area contributed by atoms with Crippen LogP contribution in [0, 0.1) is 13.8 Å². The summed E-state index contributed by atoms with van der Waals surface area (Å²) in [4.78, 5) is 4.63. The van der Waals surface area contributed by atoms with Crippen LogP contribution in [-0.2, 0) is 6.61 Å². The third-order valence-electron chi connectivity index (χ3n) is 4.54. The lowest BCUT2D eigenvalue weighted by Crippen LogP contribution is -2.01. The monoisotopic (exact) mass is 393 g/mol. The van der Waals surface area contributed by atoms with Crippen LogP contribution in [0.15, 0.2) is 65.7 Å². The first kappa shape index (κ1) is 20.0. The Kier molecular flexibility index (Phi) is 6.72. The Morgan fingerprint density at radius 3 is 2.54 bits per heavy atom. The molecule has 0 bridgehead atoms. The molecule has 144 valence electrons. The van der Waals surface area contributed by atoms with Crippen molar-refractivity contribution < 1.29 is 9.47 Å². The van der Waals surface area contributed by atoms with Crippen LogP contribution >= 0.6 is 11.6 Å². The quantitative estimate of drug-likeness (QED) is 0.419. The molecule has 0 fully saturated rings. The molecule has 0 saturated carbocycles. The van der Waals surface area contributed by atoms with E-state index in [1.54, 1.807) is 0 Å². The molecule has 3 nitrogen and oxygen atoms in total. The number of aliphatic imine (C=N–C) groups is 1. The number of hydrogen-bond acceptors (Lipinski definition) is 3. The molecule has 0 radical (unpaired) electrons. The van der Waals surface area contributed by atoms with Gasteiger partial charge >= 0.3 is 0 Å². The van der Waals surface area contributed by atoms with Gasteiger partial charge in [-0.1, -0.05) is 41.9 Å². The van der Waals surface area contributed by atoms with Crippen molar-refractivity contribution in [2.24, 2.45) is 4.99 Å². The van der Waals surface area contributed by atoms with Crippen molar-refractivity contribution in [1.82, 2.24) is 0 Å². The average molecular weight is 394 g/mol. The maximum absolute atomic E-state index is 6.21. The second kappa shape index (κ2) is 9.43. The van der Waals surface area contributed by atoms with E-state index < -0.39 is 0 Å². The molecule has 0 unspecified atom stereocenters. The van der Waals surface area contributed by atoms with Gasteiger partial charge < -0.3 is 9.47 Å². The van der Waals surface area contributed by atoms with E-state index in [0.29, 0.717) is 29.7 Å². The highest BCUT2D eigenvalue weighted by molar-refractivity contribution is 6.31. The lowest BCUT2D eigenvalue weighted by atomic mass is 10.1. The molecular weight excluding hydrogens is 370 g/mol. The zero-order valence-electron chi connectivity index (χ0n) is 16.4. The highest BCUT2D eigenvalue weighted by atomic mass is 35.5. The van der Waals surface area contributed by atoms with Crippen LogP contribution in [0.3, 0.4) is 0 Å². The van der Waals surface area contributed by atoms with Crippen molar-refractivity contribution in [2.45, 2.75) is 27.4 Å². The van der Waals surface area contributed by atoms with Gasteiger partial charge in [0, 0.05) is 16.8 Å². The molecule has 0 N–H and O–H groups in total. The summed E-state index contributed by atoms with van der Waals surface area (Å²) in [6.45, 7) is 7.07. The number of aryl methyl sites for hydroxylation is 1. The molecule has 0 aromatic heterocycles. The molecule has 0 aliphatic heterocycles. The standard InChI is InChI=1S/C24H24ClNO2/c1-4-27-24-14-19(15-26-22-11-7-8-17(2)18(22)3)12-13-23(24)28-16-20-9-5-6-10-21(20)25/h5-15H,4,16H2,1-3H3. The Bertz CT molecular complexity index is 982. The van der Waals surface area contributed by atoms with Crippen LogP contribution in [0.25, 0.3) is 0 Å². The van der Waals surface area contributed by atoms with E-state index in [-0.39, 0.29) is 0 Å². The Morgan fingerprint density at radius 1 is 0.929 bits per heavy atom. The Hall–Kier alpha value is -2.78. The highest BCUT2D eigenvalue weighted by Gasteiger charge is 2.08. The minimum absolute atomic E-state index is 0.385. The van der Waals surface area contributed by atoms with Crippen molar-refractivity contribution in [2.75, 3.05) is 6.61 Å². The first-order valence-corrected chi connectivity index (χ1v) is 9.69. The summed E-state index contributed by atoms with van der Waals surface area (Å²) in [5.41, 5.74) is 5.27. The van der Waals surface area contributed by atoms with Gasteiger partial charge in [-0.3, -0.25) is 4.99 Å². The minimum atomic E-state index is 0.385. The summed E-state index contributed by atoms with van der Waals surface area (Å²) >= 11 is 6.21. The summed E-state index contributed by atoms with van der Waals surface area (Å²) in [6.07, 6.45) is 1.85. The molecule has 0 atom stereocenters. The average Bonchev–Trinajstić information content (AvgIpc) is 2.70. The first-order valence-electron chi connectivity index (χ1n) is 9.32. The van der Waals surface area contributed by atoms with Crippen LogP contribution in [0.5, 0.6) is 11.5 Å². The fourth-order valence-corrected chi connectivity index (χ4v) is 2.97. The van der Waals surface area contributed by atoms with Crippen LogP contribution in [0.2, 0.25) is 5.02 Å². The third kappa shape index (κ3) is 4.93. The molecule has 3 aromatic rings. The smallest absolute Gasteiger partial charge is 0.161 e. The SMILES string of the molecule is CCOc1cc(C=Nc2cccc(C)c2C)ccc1OCc1ccccc1Cl. The normalized spacial score (nSPS) is 11.0. The van der Waals surface area contributed by atoms with Crippen LogP contribution < -0.4 is 9.47 Å². The molecule has 0 aliphatic rings. The van der Waals surface area contributed by atoms with E-state index in [0.717, 1.165) is 16.8 Å². The van der Waals surface area contributed by atoms with Gasteiger partial charge in [0.2, 0.25) is 0 Å². The van der Waals surface area contributed by atoms with Gasteiger partial charge in [-0.2, -0.15) is 0 Å². The van der Waals surface area contributed by atoms with Gasteiger partial charge in [-0.15, -0.1) is 0 Å². The number of hydrogen-bond donors (Lipinski definition) is 0. The molecule has 0 heterocycles. The molecule has 0 saturated heterocycles. The molecule has 4 heteroatoms. The first-order chi connectivity index (χ1) is 13.6. The van der Waals surface area contributed by atoms with Crippen LogP contribution in [0.1, 0.15) is 29.2 Å². The Balaban J connectivity index is 1.79. The second-order valence-electron chi connectivity index (χ2n) is 6.50. The van der Waals surface area contributed by atoms with E-state index in [1.165, 1.54) is 11.1 Å². The Labute approximate surface area is 171 Å². The van der Waals surface area contributed by atoms with Gasteiger partial charge in [-0.05, 0) is 67.8 Å². The summed E-state index contributed by atoms with van der Waals surface area (Å²) < 4.78 is 11.7. The van der Waals surface area contributed by atoms with E-state index >= 15 is 0 Å². The molecule has 0 spiro atoms. The number of nitrogens with zero attached hydrogens (tertiary/aromatic N) is 1. The zero-order chi connectivity index (χ0) is 19.9. The van der Waals surface area contributed by atoms with Gasteiger partial charge in [-0.25, -0.2) is 0 Å². The van der Waals surface area contributed by atoms with Gasteiger partial charge in [0.15, 0.2) is 11.5 Å². The lowest BCUT2D eigenvalue weighted by Gasteiger charge is -2.13. The second-order valence-corrected chi connectivity index (χ2v) is 6.90. The topological polar surface area (TPSA) is 30.8 Å². The summed E-state index contributed by atoms with van der Waals surface area (Å²) in [5, 5.41) is 0.692. The van der Waals surface area contributed by atoms with Crippen molar-refractivity contribution in [3.05, 3.63) is 87.9 Å². The molecule has 28 heavy (non-hydrogen) atoms. The molecule has 0 aliphatic carbocycles. The van der Waals surface area contributed by atoms with E-state index in [4.69, 9.17) is 21.1 Å². The van der Waals surface area contributed by atoms with Gasteiger partial charge in [0.1, 0.15) is 6.61 Å².